The van der Waals surface area contributed by atoms with E-state index in [1.165, 1.54) is 6.92 Å². The molecule has 0 saturated heterocycles. The number of carbonyl (C=O) groups excluding carboxylic acids is 2. The van der Waals surface area contributed by atoms with Gasteiger partial charge in [0, 0.05) is 30.8 Å². The smallest absolute Gasteiger partial charge is 0.333 e. The minimum Gasteiger partial charge on any atom is -0.356 e. The number of amides is 2. The molecule has 0 saturated carbocycles. The molecule has 0 fully saturated rings. The van der Waals surface area contributed by atoms with Gasteiger partial charge in [-0.1, -0.05) is 6.92 Å². The summed E-state index contributed by atoms with van der Waals surface area (Å²) in [4.78, 5) is 23.2. The predicted molar refractivity (Wildman–Crippen MR) is 77.6 cm³/mol. The molecule has 0 bridgehead atoms. The zero-order valence-electron chi connectivity index (χ0n) is 13.1. The Labute approximate surface area is 128 Å². The largest absolute Gasteiger partial charge is 0.356 e. The van der Waals surface area contributed by atoms with Crippen molar-refractivity contribution in [2.75, 3.05) is 13.1 Å². The molecule has 8 heteroatoms. The van der Waals surface area contributed by atoms with Crippen LogP contribution in [0, 0.1) is 13.8 Å². The van der Waals surface area contributed by atoms with Gasteiger partial charge < -0.3 is 10.6 Å². The minimum atomic E-state index is -2.72. The maximum absolute atomic E-state index is 12.7. The lowest BCUT2D eigenvalue weighted by Gasteiger charge is -2.07. The average Bonchev–Trinajstić information content (AvgIpc) is 2.73. The summed E-state index contributed by atoms with van der Waals surface area (Å²) in [5, 5.41) is 9.04. The Morgan fingerprint density at radius 3 is 2.36 bits per heavy atom. The fourth-order valence-corrected chi connectivity index (χ4v) is 2.03. The zero-order valence-corrected chi connectivity index (χ0v) is 13.1. The molecule has 0 atom stereocenters. The van der Waals surface area contributed by atoms with Crippen LogP contribution >= 0.6 is 0 Å². The van der Waals surface area contributed by atoms with Crippen LogP contribution in [-0.2, 0) is 16.0 Å². The van der Waals surface area contributed by atoms with Crippen molar-refractivity contribution in [1.29, 1.82) is 0 Å². The molecule has 0 aromatic carbocycles. The van der Waals surface area contributed by atoms with Crippen LogP contribution in [0.2, 0.25) is 0 Å². The van der Waals surface area contributed by atoms with Gasteiger partial charge in [0.25, 0.3) is 0 Å². The number of carbonyl (C=O) groups is 2. The summed E-state index contributed by atoms with van der Waals surface area (Å²) in [6, 6.07) is 0. The summed E-state index contributed by atoms with van der Waals surface area (Å²) in [6.07, 6.45) is 1.02. The number of alkyl halides is 2. The molecule has 0 aliphatic heterocycles. The highest BCUT2D eigenvalue weighted by Gasteiger charge is 2.19. The van der Waals surface area contributed by atoms with Gasteiger partial charge in [0.15, 0.2) is 0 Å². The molecule has 0 aliphatic rings. The van der Waals surface area contributed by atoms with E-state index in [1.807, 2.05) is 6.92 Å². The van der Waals surface area contributed by atoms with Gasteiger partial charge in [0.1, 0.15) is 0 Å². The van der Waals surface area contributed by atoms with Crippen molar-refractivity contribution in [2.45, 2.75) is 46.6 Å². The van der Waals surface area contributed by atoms with Crippen molar-refractivity contribution in [3.05, 3.63) is 17.0 Å². The van der Waals surface area contributed by atoms with Crippen LogP contribution < -0.4 is 10.6 Å². The normalized spacial score (nSPS) is 10.8. The summed E-state index contributed by atoms with van der Waals surface area (Å²) in [7, 11) is 0. The summed E-state index contributed by atoms with van der Waals surface area (Å²) >= 11 is 0. The lowest BCUT2D eigenvalue weighted by atomic mass is 10.1. The van der Waals surface area contributed by atoms with E-state index >= 15 is 0 Å². The number of rotatable bonds is 8. The standard InChI is InChI=1S/C14H22F2N4O2/c1-4-6-17-12(21)5-7-18-13(22)8-11-9(2)19-20(10(11)3)14(15)16/h14H,4-8H2,1-3H3,(H,17,21)(H,18,22). The van der Waals surface area contributed by atoms with Crippen LogP contribution in [-0.4, -0.2) is 34.7 Å². The third-order valence-corrected chi connectivity index (χ3v) is 3.24. The van der Waals surface area contributed by atoms with Gasteiger partial charge >= 0.3 is 6.55 Å². The highest BCUT2D eigenvalue weighted by molar-refractivity contribution is 5.80. The van der Waals surface area contributed by atoms with Gasteiger partial charge in [-0.05, 0) is 20.3 Å². The summed E-state index contributed by atoms with van der Waals surface area (Å²) in [6.45, 7) is 3.15. The molecular formula is C14H22F2N4O2. The second-order valence-electron chi connectivity index (χ2n) is 5.00. The van der Waals surface area contributed by atoms with Crippen LogP contribution in [0.5, 0.6) is 0 Å². The molecule has 0 spiro atoms. The number of nitrogens with one attached hydrogen (secondary N) is 2. The topological polar surface area (TPSA) is 76.0 Å². The Hall–Kier alpha value is -1.99. The van der Waals surface area contributed by atoms with E-state index in [4.69, 9.17) is 0 Å². The highest BCUT2D eigenvalue weighted by atomic mass is 19.3. The van der Waals surface area contributed by atoms with Gasteiger partial charge in [0.2, 0.25) is 11.8 Å². The number of aryl methyl sites for hydroxylation is 1. The number of halogens is 2. The molecule has 6 nitrogen and oxygen atoms in total. The number of nitrogens with zero attached hydrogens (tertiary/aromatic N) is 2. The Kier molecular flexibility index (Phi) is 6.94. The summed E-state index contributed by atoms with van der Waals surface area (Å²) < 4.78 is 26.0. The second-order valence-corrected chi connectivity index (χ2v) is 5.00. The van der Waals surface area contributed by atoms with Crippen molar-refractivity contribution in [3.63, 3.8) is 0 Å². The molecule has 1 aromatic rings. The molecule has 1 rings (SSSR count). The van der Waals surface area contributed by atoms with Gasteiger partial charge in [-0.15, -0.1) is 0 Å². The van der Waals surface area contributed by atoms with Crippen molar-refractivity contribution in [1.82, 2.24) is 20.4 Å². The van der Waals surface area contributed by atoms with E-state index in [1.54, 1.807) is 6.92 Å². The fourth-order valence-electron chi connectivity index (χ4n) is 2.03. The van der Waals surface area contributed by atoms with E-state index in [9.17, 15) is 18.4 Å². The fraction of sp³-hybridized carbons (Fsp3) is 0.643. The Bertz CT molecular complexity index is 529. The molecule has 22 heavy (non-hydrogen) atoms. The molecule has 0 aliphatic carbocycles. The maximum atomic E-state index is 12.7. The van der Waals surface area contributed by atoms with Crippen LogP contribution in [0.15, 0.2) is 0 Å². The van der Waals surface area contributed by atoms with Crippen molar-refractivity contribution >= 4 is 11.8 Å². The van der Waals surface area contributed by atoms with Gasteiger partial charge in [-0.2, -0.15) is 13.9 Å². The molecular weight excluding hydrogens is 294 g/mol. The third kappa shape index (κ3) is 5.09. The molecule has 1 heterocycles. The van der Waals surface area contributed by atoms with Gasteiger partial charge in [-0.3, -0.25) is 9.59 Å². The molecule has 0 radical (unpaired) electrons. The van der Waals surface area contributed by atoms with E-state index in [0.717, 1.165) is 6.42 Å². The lowest BCUT2D eigenvalue weighted by molar-refractivity contribution is -0.122. The van der Waals surface area contributed by atoms with Crippen LogP contribution in [0.4, 0.5) is 8.78 Å². The van der Waals surface area contributed by atoms with E-state index in [-0.39, 0.29) is 36.9 Å². The maximum Gasteiger partial charge on any atom is 0.333 e. The third-order valence-electron chi connectivity index (χ3n) is 3.24. The van der Waals surface area contributed by atoms with Crippen molar-refractivity contribution in [2.24, 2.45) is 0 Å². The Morgan fingerprint density at radius 1 is 1.18 bits per heavy atom. The predicted octanol–water partition coefficient (Wildman–Crippen LogP) is 1.47. The Morgan fingerprint density at radius 2 is 1.82 bits per heavy atom. The molecule has 2 amide bonds. The Balaban J connectivity index is 2.47. The number of aromatic nitrogens is 2. The van der Waals surface area contributed by atoms with E-state index < -0.39 is 6.55 Å². The lowest BCUT2D eigenvalue weighted by Crippen LogP contribution is -2.31. The van der Waals surface area contributed by atoms with Crippen LogP contribution in [0.25, 0.3) is 0 Å². The summed E-state index contributed by atoms with van der Waals surface area (Å²) in [5.74, 6) is -0.441. The van der Waals surface area contributed by atoms with Crippen molar-refractivity contribution < 1.29 is 18.4 Å². The molecule has 0 unspecified atom stereocenters. The van der Waals surface area contributed by atoms with Gasteiger partial charge in [-0.25, -0.2) is 4.68 Å². The molecule has 2 N–H and O–H groups in total. The van der Waals surface area contributed by atoms with Crippen molar-refractivity contribution in [3.8, 4) is 0 Å². The van der Waals surface area contributed by atoms with E-state index in [2.05, 4.69) is 15.7 Å². The monoisotopic (exact) mass is 316 g/mol. The highest BCUT2D eigenvalue weighted by Crippen LogP contribution is 2.19. The van der Waals surface area contributed by atoms with Gasteiger partial charge in [0.05, 0.1) is 12.1 Å². The summed E-state index contributed by atoms with van der Waals surface area (Å²) in [5.41, 5.74) is 1.19. The minimum absolute atomic E-state index is 0.0268. The van der Waals surface area contributed by atoms with E-state index in [0.29, 0.717) is 22.5 Å². The average molecular weight is 316 g/mol. The molecule has 1 aromatic heterocycles. The number of hydrogen-bond donors (Lipinski definition) is 2. The molecule has 124 valence electrons. The first-order chi connectivity index (χ1) is 10.4. The first kappa shape index (κ1) is 18.1. The number of hydrogen-bond acceptors (Lipinski definition) is 3. The first-order valence-electron chi connectivity index (χ1n) is 7.22. The van der Waals surface area contributed by atoms with Crippen LogP contribution in [0.3, 0.4) is 0 Å². The second kappa shape index (κ2) is 8.45. The first-order valence-corrected chi connectivity index (χ1v) is 7.22. The quantitative estimate of drug-likeness (QED) is 0.762. The van der Waals surface area contributed by atoms with Crippen LogP contribution in [0.1, 0.15) is 43.3 Å². The zero-order chi connectivity index (χ0) is 16.7. The SMILES string of the molecule is CCCNC(=O)CCNC(=O)Cc1c(C)nn(C(F)F)c1C.